The van der Waals surface area contributed by atoms with Crippen LogP contribution in [0, 0.1) is 0 Å². The van der Waals surface area contributed by atoms with Crippen LogP contribution in [0.2, 0.25) is 0 Å². The SMILES string of the molecule is CCOS(=O)(=O)c1ccc(C(=O)c2ccccc2)cc1NC(C)=O. The molecule has 7 heteroatoms. The summed E-state index contributed by atoms with van der Waals surface area (Å²) >= 11 is 0. The molecule has 2 rings (SSSR count). The molecule has 126 valence electrons. The quantitative estimate of drug-likeness (QED) is 0.641. The maximum Gasteiger partial charge on any atom is 0.299 e. The summed E-state index contributed by atoms with van der Waals surface area (Å²) in [6, 6.07) is 12.6. The molecule has 0 saturated carbocycles. The molecule has 1 amide bonds. The molecule has 0 aromatic heterocycles. The van der Waals surface area contributed by atoms with Crippen LogP contribution in [0.25, 0.3) is 0 Å². The van der Waals surface area contributed by atoms with Gasteiger partial charge in [-0.2, -0.15) is 8.42 Å². The maximum atomic E-state index is 12.5. The minimum Gasteiger partial charge on any atom is -0.325 e. The van der Waals surface area contributed by atoms with Crippen LogP contribution >= 0.6 is 0 Å². The van der Waals surface area contributed by atoms with Gasteiger partial charge in [0, 0.05) is 18.1 Å². The number of benzene rings is 2. The first kappa shape index (κ1) is 17.8. The van der Waals surface area contributed by atoms with Crippen LogP contribution in [-0.2, 0) is 19.1 Å². The highest BCUT2D eigenvalue weighted by molar-refractivity contribution is 7.87. The number of nitrogens with one attached hydrogen (secondary N) is 1. The van der Waals surface area contributed by atoms with Crippen LogP contribution in [-0.4, -0.2) is 26.7 Å². The van der Waals surface area contributed by atoms with Crippen LogP contribution < -0.4 is 5.32 Å². The lowest BCUT2D eigenvalue weighted by atomic mass is 10.0. The van der Waals surface area contributed by atoms with Gasteiger partial charge < -0.3 is 5.32 Å². The van der Waals surface area contributed by atoms with Gasteiger partial charge in [-0.25, -0.2) is 0 Å². The predicted octanol–water partition coefficient (Wildman–Crippen LogP) is 2.60. The third-order valence-electron chi connectivity index (χ3n) is 3.13. The molecule has 0 aliphatic carbocycles. The van der Waals surface area contributed by atoms with Gasteiger partial charge in [0.05, 0.1) is 12.3 Å². The van der Waals surface area contributed by atoms with E-state index in [9.17, 15) is 18.0 Å². The number of amides is 1. The van der Waals surface area contributed by atoms with Gasteiger partial charge >= 0.3 is 0 Å². The third kappa shape index (κ3) is 4.06. The molecule has 0 atom stereocenters. The summed E-state index contributed by atoms with van der Waals surface area (Å²) in [6.07, 6.45) is 0. The van der Waals surface area contributed by atoms with Crippen molar-refractivity contribution in [1.82, 2.24) is 0 Å². The summed E-state index contributed by atoms with van der Waals surface area (Å²) < 4.78 is 29.0. The molecule has 2 aromatic rings. The Morgan fingerprint density at radius 2 is 1.71 bits per heavy atom. The van der Waals surface area contributed by atoms with E-state index in [1.54, 1.807) is 37.3 Å². The fraction of sp³-hybridized carbons (Fsp3) is 0.176. The Morgan fingerprint density at radius 3 is 2.29 bits per heavy atom. The number of carbonyl (C=O) groups is 2. The van der Waals surface area contributed by atoms with E-state index in [0.29, 0.717) is 5.56 Å². The van der Waals surface area contributed by atoms with Crippen molar-refractivity contribution in [2.24, 2.45) is 0 Å². The van der Waals surface area contributed by atoms with Crippen LogP contribution in [0.1, 0.15) is 29.8 Å². The number of carbonyl (C=O) groups excluding carboxylic acids is 2. The van der Waals surface area contributed by atoms with E-state index in [0.717, 1.165) is 0 Å². The van der Waals surface area contributed by atoms with Crippen molar-refractivity contribution in [2.45, 2.75) is 18.7 Å². The zero-order valence-corrected chi connectivity index (χ0v) is 14.1. The van der Waals surface area contributed by atoms with Gasteiger partial charge in [0.15, 0.2) is 5.78 Å². The first-order chi connectivity index (χ1) is 11.3. The smallest absolute Gasteiger partial charge is 0.299 e. The summed E-state index contributed by atoms with van der Waals surface area (Å²) in [4.78, 5) is 23.7. The summed E-state index contributed by atoms with van der Waals surface area (Å²) in [5.41, 5.74) is 0.741. The molecule has 0 unspecified atom stereocenters. The van der Waals surface area contributed by atoms with Gasteiger partial charge in [0.1, 0.15) is 4.90 Å². The minimum atomic E-state index is -4.02. The van der Waals surface area contributed by atoms with Gasteiger partial charge in [-0.1, -0.05) is 30.3 Å². The molecule has 6 nitrogen and oxygen atoms in total. The van der Waals surface area contributed by atoms with E-state index in [1.807, 2.05) is 0 Å². The summed E-state index contributed by atoms with van der Waals surface area (Å²) in [6.45, 7) is 2.76. The van der Waals surface area contributed by atoms with Crippen molar-refractivity contribution >= 4 is 27.5 Å². The highest BCUT2D eigenvalue weighted by Gasteiger charge is 2.22. The first-order valence-corrected chi connectivity index (χ1v) is 8.67. The average molecular weight is 347 g/mol. The zero-order chi connectivity index (χ0) is 17.7. The highest BCUT2D eigenvalue weighted by Crippen LogP contribution is 2.26. The predicted molar refractivity (Wildman–Crippen MR) is 89.4 cm³/mol. The van der Waals surface area contributed by atoms with Crippen LogP contribution in [0.4, 0.5) is 5.69 Å². The van der Waals surface area contributed by atoms with E-state index in [4.69, 9.17) is 4.18 Å². The van der Waals surface area contributed by atoms with E-state index < -0.39 is 16.0 Å². The molecule has 0 radical (unpaired) electrons. The number of hydrogen-bond donors (Lipinski definition) is 1. The van der Waals surface area contributed by atoms with Gasteiger partial charge in [0.2, 0.25) is 5.91 Å². The molecule has 0 fully saturated rings. The normalized spacial score (nSPS) is 11.1. The number of hydrogen-bond acceptors (Lipinski definition) is 5. The van der Waals surface area contributed by atoms with E-state index >= 15 is 0 Å². The Morgan fingerprint density at radius 1 is 1.04 bits per heavy atom. The third-order valence-corrected chi connectivity index (χ3v) is 4.57. The lowest BCUT2D eigenvalue weighted by Crippen LogP contribution is -2.14. The fourth-order valence-corrected chi connectivity index (χ4v) is 3.20. The van der Waals surface area contributed by atoms with Gasteiger partial charge in [-0.05, 0) is 25.1 Å². The van der Waals surface area contributed by atoms with Crippen molar-refractivity contribution in [3.63, 3.8) is 0 Å². The molecule has 0 heterocycles. The second-order valence-electron chi connectivity index (χ2n) is 4.95. The monoisotopic (exact) mass is 347 g/mol. The Balaban J connectivity index is 2.51. The van der Waals surface area contributed by atoms with Gasteiger partial charge in [-0.15, -0.1) is 0 Å². The zero-order valence-electron chi connectivity index (χ0n) is 13.3. The highest BCUT2D eigenvalue weighted by atomic mass is 32.2. The molecule has 2 aromatic carbocycles. The van der Waals surface area contributed by atoms with Crippen molar-refractivity contribution in [1.29, 1.82) is 0 Å². The maximum absolute atomic E-state index is 12.5. The van der Waals surface area contributed by atoms with Crippen LogP contribution in [0.5, 0.6) is 0 Å². The minimum absolute atomic E-state index is 0.0118. The molecule has 0 saturated heterocycles. The number of rotatable bonds is 6. The number of anilines is 1. The van der Waals surface area contributed by atoms with Gasteiger partial charge in [-0.3, -0.25) is 13.8 Å². The molecule has 0 spiro atoms. The average Bonchev–Trinajstić information content (AvgIpc) is 2.54. The second kappa shape index (κ2) is 7.37. The summed E-state index contributed by atoms with van der Waals surface area (Å²) in [5, 5.41) is 2.43. The van der Waals surface area contributed by atoms with Crippen molar-refractivity contribution < 1.29 is 22.2 Å². The second-order valence-corrected chi connectivity index (χ2v) is 6.53. The topological polar surface area (TPSA) is 89.5 Å². The Hall–Kier alpha value is -2.51. The van der Waals surface area contributed by atoms with Crippen LogP contribution in [0.15, 0.2) is 53.4 Å². The molecule has 0 bridgehead atoms. The Bertz CT molecular complexity index is 860. The molecule has 1 N–H and O–H groups in total. The molecular weight excluding hydrogens is 330 g/mol. The lowest BCUT2D eigenvalue weighted by Gasteiger charge is -2.12. The van der Waals surface area contributed by atoms with Crippen molar-refractivity contribution in [3.05, 3.63) is 59.7 Å². The van der Waals surface area contributed by atoms with Crippen LogP contribution in [0.3, 0.4) is 0 Å². The van der Waals surface area contributed by atoms with E-state index in [-0.39, 0.29) is 28.5 Å². The Kier molecular flexibility index (Phi) is 5.48. The molecular formula is C17H17NO5S. The van der Waals surface area contributed by atoms with Crippen molar-refractivity contribution in [2.75, 3.05) is 11.9 Å². The van der Waals surface area contributed by atoms with E-state index in [2.05, 4.69) is 5.32 Å². The Labute approximate surface area is 140 Å². The van der Waals surface area contributed by atoms with E-state index in [1.165, 1.54) is 25.1 Å². The standard InChI is InChI=1S/C17H17NO5S/c1-3-23-24(21,22)16-10-9-14(11-15(16)18-12(2)19)17(20)13-7-5-4-6-8-13/h4-11H,3H2,1-2H3,(H,18,19). The fourth-order valence-electron chi connectivity index (χ4n) is 2.15. The molecule has 24 heavy (non-hydrogen) atoms. The van der Waals surface area contributed by atoms with Gasteiger partial charge in [0.25, 0.3) is 10.1 Å². The first-order valence-electron chi connectivity index (χ1n) is 7.26. The molecule has 0 aliphatic heterocycles. The summed E-state index contributed by atoms with van der Waals surface area (Å²) in [5.74, 6) is -0.727. The van der Waals surface area contributed by atoms with Crippen molar-refractivity contribution in [3.8, 4) is 0 Å². The lowest BCUT2D eigenvalue weighted by molar-refractivity contribution is -0.114. The summed E-state index contributed by atoms with van der Waals surface area (Å²) in [7, 11) is -4.02. The number of ketones is 1. The molecule has 0 aliphatic rings. The largest absolute Gasteiger partial charge is 0.325 e.